The average Bonchev–Trinajstić information content (AvgIpc) is 2.97. The lowest BCUT2D eigenvalue weighted by molar-refractivity contribution is 0.102. The van der Waals surface area contributed by atoms with Gasteiger partial charge in [-0.3, -0.25) is 4.79 Å². The van der Waals surface area contributed by atoms with Gasteiger partial charge >= 0.3 is 0 Å². The first-order valence-corrected chi connectivity index (χ1v) is 8.30. The number of amides is 1. The number of pyridine rings is 2. The summed E-state index contributed by atoms with van der Waals surface area (Å²) in [5.74, 6) is 0.284. The summed E-state index contributed by atoms with van der Waals surface area (Å²) in [5, 5.41) is 8.38. The van der Waals surface area contributed by atoms with Crippen molar-refractivity contribution in [2.24, 2.45) is 0 Å². The summed E-state index contributed by atoms with van der Waals surface area (Å²) in [4.78, 5) is 21.0. The third-order valence-electron chi connectivity index (χ3n) is 3.33. The van der Waals surface area contributed by atoms with Crippen LogP contribution in [0.1, 0.15) is 28.7 Å². The molecule has 0 atom stereocenters. The van der Waals surface area contributed by atoms with Crippen LogP contribution in [0.3, 0.4) is 0 Å². The van der Waals surface area contributed by atoms with Crippen molar-refractivity contribution in [1.29, 1.82) is 0 Å². The van der Waals surface area contributed by atoms with Crippen molar-refractivity contribution in [2.45, 2.75) is 30.3 Å². The highest BCUT2D eigenvalue weighted by molar-refractivity contribution is 7.99. The molecule has 0 unspecified atom stereocenters. The monoisotopic (exact) mass is 340 g/mol. The fraction of sp³-hybridized carbons (Fsp3) is 0.176. The largest absolute Gasteiger partial charge is 0.361 e. The van der Waals surface area contributed by atoms with Gasteiger partial charge in [0.1, 0.15) is 21.4 Å². The summed E-state index contributed by atoms with van der Waals surface area (Å²) in [5.41, 5.74) is 1.81. The van der Waals surface area contributed by atoms with Gasteiger partial charge in [0.15, 0.2) is 0 Å². The molecular formula is C17H16N4O2S. The average molecular weight is 340 g/mol. The molecule has 0 fully saturated rings. The van der Waals surface area contributed by atoms with Crippen LogP contribution in [-0.2, 0) is 6.42 Å². The Balaban J connectivity index is 1.77. The lowest BCUT2D eigenvalue weighted by Gasteiger charge is -2.06. The van der Waals surface area contributed by atoms with E-state index in [1.54, 1.807) is 25.4 Å². The zero-order valence-electron chi connectivity index (χ0n) is 13.3. The minimum atomic E-state index is -0.231. The van der Waals surface area contributed by atoms with E-state index >= 15 is 0 Å². The summed E-state index contributed by atoms with van der Waals surface area (Å²) >= 11 is 1.43. The second kappa shape index (κ2) is 7.27. The number of carbonyl (C=O) groups excluding carboxylic acids is 1. The molecule has 0 aliphatic carbocycles. The van der Waals surface area contributed by atoms with Gasteiger partial charge < -0.3 is 9.84 Å². The van der Waals surface area contributed by atoms with Crippen LogP contribution in [0.2, 0.25) is 0 Å². The van der Waals surface area contributed by atoms with E-state index in [2.05, 4.69) is 20.4 Å². The summed E-state index contributed by atoms with van der Waals surface area (Å²) in [6.07, 6.45) is 4.02. The summed E-state index contributed by atoms with van der Waals surface area (Å²) in [7, 11) is 0. The molecule has 122 valence electrons. The van der Waals surface area contributed by atoms with Crippen molar-refractivity contribution in [3.63, 3.8) is 0 Å². The molecule has 1 amide bonds. The highest BCUT2D eigenvalue weighted by Crippen LogP contribution is 2.26. The molecule has 0 spiro atoms. The molecule has 0 radical (unpaired) electrons. The van der Waals surface area contributed by atoms with E-state index < -0.39 is 0 Å². The zero-order valence-corrected chi connectivity index (χ0v) is 14.1. The normalized spacial score (nSPS) is 10.6. The number of carbonyl (C=O) groups is 1. The highest BCUT2D eigenvalue weighted by atomic mass is 32.2. The summed E-state index contributed by atoms with van der Waals surface area (Å²) in [6.45, 7) is 3.66. The number of aromatic nitrogens is 3. The van der Waals surface area contributed by atoms with Crippen molar-refractivity contribution in [3.05, 3.63) is 59.7 Å². The predicted molar refractivity (Wildman–Crippen MR) is 91.2 cm³/mol. The first kappa shape index (κ1) is 16.2. The summed E-state index contributed by atoms with van der Waals surface area (Å²) in [6, 6.07) is 9.24. The lowest BCUT2D eigenvalue weighted by Crippen LogP contribution is -2.14. The van der Waals surface area contributed by atoms with Gasteiger partial charge in [0.25, 0.3) is 5.91 Å². The molecule has 3 heterocycles. The molecule has 0 aromatic carbocycles. The second-order valence-electron chi connectivity index (χ2n) is 5.02. The molecule has 0 saturated heterocycles. The van der Waals surface area contributed by atoms with E-state index in [0.29, 0.717) is 29.1 Å². The van der Waals surface area contributed by atoms with Gasteiger partial charge in [-0.2, -0.15) is 0 Å². The van der Waals surface area contributed by atoms with E-state index in [1.165, 1.54) is 11.8 Å². The fourth-order valence-electron chi connectivity index (χ4n) is 2.20. The van der Waals surface area contributed by atoms with E-state index in [1.807, 2.05) is 31.2 Å². The smallest absolute Gasteiger partial charge is 0.261 e. The number of rotatable bonds is 5. The number of hydrogen-bond donors (Lipinski definition) is 1. The molecule has 7 heteroatoms. The number of nitrogens with one attached hydrogen (secondary N) is 1. The Morgan fingerprint density at radius 1 is 1.21 bits per heavy atom. The Morgan fingerprint density at radius 2 is 2.04 bits per heavy atom. The molecule has 1 N–H and O–H groups in total. The fourth-order valence-corrected chi connectivity index (χ4v) is 2.98. The van der Waals surface area contributed by atoms with Crippen LogP contribution < -0.4 is 5.32 Å². The topological polar surface area (TPSA) is 80.9 Å². The SMILES string of the molecule is CCc1noc(C)c1C(=O)Nc1ccnc(Sc2ccccn2)c1. The van der Waals surface area contributed by atoms with Crippen LogP contribution in [0.5, 0.6) is 0 Å². The molecule has 0 aliphatic rings. The Hall–Kier alpha value is -2.67. The molecule has 0 bridgehead atoms. The molecule has 24 heavy (non-hydrogen) atoms. The standard InChI is InChI=1S/C17H16N4O2S/c1-3-13-16(11(2)23-21-13)17(22)20-12-7-9-19-15(10-12)24-14-6-4-5-8-18-14/h4-10H,3H2,1-2H3,(H,19,20,22). The quantitative estimate of drug-likeness (QED) is 0.762. The number of nitrogens with zero attached hydrogens (tertiary/aromatic N) is 3. The molecule has 6 nitrogen and oxygen atoms in total. The van der Waals surface area contributed by atoms with Crippen molar-refractivity contribution in [3.8, 4) is 0 Å². The van der Waals surface area contributed by atoms with Crippen LogP contribution in [0.25, 0.3) is 0 Å². The third-order valence-corrected chi connectivity index (χ3v) is 4.22. The van der Waals surface area contributed by atoms with Crippen LogP contribution in [0, 0.1) is 6.92 Å². The lowest BCUT2D eigenvalue weighted by atomic mass is 10.1. The van der Waals surface area contributed by atoms with E-state index in [-0.39, 0.29) is 5.91 Å². The molecule has 0 saturated carbocycles. The predicted octanol–water partition coefficient (Wildman–Crippen LogP) is 3.74. The van der Waals surface area contributed by atoms with Gasteiger partial charge in [0, 0.05) is 18.1 Å². The molecule has 3 aromatic heterocycles. The zero-order chi connectivity index (χ0) is 16.9. The van der Waals surface area contributed by atoms with Crippen molar-refractivity contribution >= 4 is 23.4 Å². The van der Waals surface area contributed by atoms with Gasteiger partial charge in [-0.15, -0.1) is 0 Å². The minimum Gasteiger partial charge on any atom is -0.361 e. The van der Waals surface area contributed by atoms with Crippen molar-refractivity contribution < 1.29 is 9.32 Å². The second-order valence-corrected chi connectivity index (χ2v) is 6.06. The first-order valence-electron chi connectivity index (χ1n) is 7.48. The Kier molecular flexibility index (Phi) is 4.90. The van der Waals surface area contributed by atoms with Gasteiger partial charge in [-0.25, -0.2) is 9.97 Å². The van der Waals surface area contributed by atoms with Gasteiger partial charge in [0.05, 0.1) is 5.69 Å². The van der Waals surface area contributed by atoms with E-state index in [4.69, 9.17) is 4.52 Å². The maximum absolute atomic E-state index is 12.5. The van der Waals surface area contributed by atoms with E-state index in [0.717, 1.165) is 10.1 Å². The van der Waals surface area contributed by atoms with Crippen molar-refractivity contribution in [2.75, 3.05) is 5.32 Å². The number of hydrogen-bond acceptors (Lipinski definition) is 6. The van der Waals surface area contributed by atoms with Crippen LogP contribution in [0.15, 0.2) is 57.3 Å². The minimum absolute atomic E-state index is 0.231. The maximum atomic E-state index is 12.5. The summed E-state index contributed by atoms with van der Waals surface area (Å²) < 4.78 is 5.11. The number of anilines is 1. The Labute approximate surface area is 143 Å². The van der Waals surface area contributed by atoms with E-state index in [9.17, 15) is 4.79 Å². The van der Waals surface area contributed by atoms with Crippen LogP contribution in [0.4, 0.5) is 5.69 Å². The van der Waals surface area contributed by atoms with Gasteiger partial charge in [-0.05, 0) is 37.6 Å². The molecule has 0 aliphatic heterocycles. The molecule has 3 aromatic rings. The maximum Gasteiger partial charge on any atom is 0.261 e. The molecular weight excluding hydrogens is 324 g/mol. The van der Waals surface area contributed by atoms with Gasteiger partial charge in [0.2, 0.25) is 0 Å². The third kappa shape index (κ3) is 3.62. The van der Waals surface area contributed by atoms with Crippen LogP contribution in [-0.4, -0.2) is 21.0 Å². The van der Waals surface area contributed by atoms with Crippen LogP contribution >= 0.6 is 11.8 Å². The highest BCUT2D eigenvalue weighted by Gasteiger charge is 2.19. The Bertz CT molecular complexity index is 849. The van der Waals surface area contributed by atoms with Crippen molar-refractivity contribution in [1.82, 2.24) is 15.1 Å². The first-order chi connectivity index (χ1) is 11.7. The van der Waals surface area contributed by atoms with Gasteiger partial charge in [-0.1, -0.05) is 29.9 Å². The number of aryl methyl sites for hydroxylation is 2. The Morgan fingerprint density at radius 3 is 2.79 bits per heavy atom. The molecule has 3 rings (SSSR count).